The largest absolute Gasteiger partial charge is 0.383 e. The Hall–Kier alpha value is -3.04. The molecule has 0 saturated heterocycles. The fourth-order valence-electron chi connectivity index (χ4n) is 2.71. The zero-order valence-electron chi connectivity index (χ0n) is 15.8. The number of fused-ring (bicyclic) bond motifs is 1. The van der Waals surface area contributed by atoms with E-state index in [1.807, 2.05) is 35.7 Å². The molecule has 8 nitrogen and oxygen atoms in total. The molecule has 0 aliphatic heterocycles. The number of rotatable bonds is 6. The number of hydrogen-bond acceptors (Lipinski definition) is 6. The second-order valence-corrected chi connectivity index (χ2v) is 7.31. The first-order valence-electron chi connectivity index (χ1n) is 8.54. The highest BCUT2D eigenvalue weighted by Crippen LogP contribution is 2.23. The van der Waals surface area contributed by atoms with Gasteiger partial charge < -0.3 is 14.2 Å². The number of methoxy groups -OCH3 is 1. The van der Waals surface area contributed by atoms with E-state index in [9.17, 15) is 14.9 Å². The summed E-state index contributed by atoms with van der Waals surface area (Å²) in [6.45, 7) is 0.918. The Labute approximate surface area is 165 Å². The van der Waals surface area contributed by atoms with Crippen LogP contribution in [0.4, 0.5) is 11.4 Å². The summed E-state index contributed by atoms with van der Waals surface area (Å²) in [4.78, 5) is 30.0. The maximum atomic E-state index is 12.6. The minimum absolute atomic E-state index is 0.00444. The average Bonchev–Trinajstić information content (AvgIpc) is 3.02. The SMILES string of the molecule is COCCn1c(=NC(=O)c2ccc(N(C)C)cc2)sc2cc([N+](=O)[O-])ccc21. The molecule has 0 fully saturated rings. The van der Waals surface area contributed by atoms with Crippen molar-refractivity contribution in [2.24, 2.45) is 4.99 Å². The van der Waals surface area contributed by atoms with Crippen molar-refractivity contribution in [2.75, 3.05) is 32.7 Å². The van der Waals surface area contributed by atoms with Crippen molar-refractivity contribution in [3.05, 3.63) is 62.9 Å². The van der Waals surface area contributed by atoms with E-state index in [1.54, 1.807) is 25.3 Å². The van der Waals surface area contributed by atoms with E-state index in [1.165, 1.54) is 23.5 Å². The molecule has 1 heterocycles. The first-order chi connectivity index (χ1) is 13.4. The van der Waals surface area contributed by atoms with Gasteiger partial charge in [0.15, 0.2) is 4.80 Å². The molecule has 9 heteroatoms. The van der Waals surface area contributed by atoms with Gasteiger partial charge in [-0.2, -0.15) is 4.99 Å². The lowest BCUT2D eigenvalue weighted by Gasteiger charge is -2.11. The Bertz CT molecular complexity index is 1080. The minimum atomic E-state index is -0.438. The molecule has 0 radical (unpaired) electrons. The molecular formula is C19H20N4O4S. The first-order valence-corrected chi connectivity index (χ1v) is 9.35. The molecule has 28 heavy (non-hydrogen) atoms. The predicted octanol–water partition coefficient (Wildman–Crippen LogP) is 3.06. The predicted molar refractivity (Wildman–Crippen MR) is 109 cm³/mol. The molecule has 0 unspecified atom stereocenters. The average molecular weight is 400 g/mol. The molecule has 0 spiro atoms. The van der Waals surface area contributed by atoms with Crippen molar-refractivity contribution in [1.82, 2.24) is 4.57 Å². The van der Waals surface area contributed by atoms with Crippen molar-refractivity contribution in [2.45, 2.75) is 6.54 Å². The van der Waals surface area contributed by atoms with Crippen LogP contribution in [0.3, 0.4) is 0 Å². The molecule has 0 saturated carbocycles. The van der Waals surface area contributed by atoms with Crippen molar-refractivity contribution >= 4 is 38.8 Å². The number of carbonyl (C=O) groups excluding carboxylic acids is 1. The number of non-ortho nitro benzene ring substituents is 1. The Morgan fingerprint density at radius 1 is 1.25 bits per heavy atom. The highest BCUT2D eigenvalue weighted by Gasteiger charge is 2.13. The summed E-state index contributed by atoms with van der Waals surface area (Å²) in [5.74, 6) is -0.363. The van der Waals surface area contributed by atoms with Gasteiger partial charge in [0.05, 0.1) is 21.7 Å². The van der Waals surface area contributed by atoms with Gasteiger partial charge in [0.25, 0.3) is 11.6 Å². The quantitative estimate of drug-likeness (QED) is 0.469. The number of nitro benzene ring substituents is 1. The summed E-state index contributed by atoms with van der Waals surface area (Å²) in [7, 11) is 5.45. The summed E-state index contributed by atoms with van der Waals surface area (Å²) < 4.78 is 7.69. The number of nitro groups is 1. The maximum Gasteiger partial charge on any atom is 0.279 e. The molecule has 0 aliphatic carbocycles. The van der Waals surface area contributed by atoms with E-state index in [-0.39, 0.29) is 11.6 Å². The summed E-state index contributed by atoms with van der Waals surface area (Å²) in [6, 6.07) is 11.8. The summed E-state index contributed by atoms with van der Waals surface area (Å²) in [5, 5.41) is 11.0. The van der Waals surface area contributed by atoms with Crippen LogP contribution in [0.15, 0.2) is 47.5 Å². The van der Waals surface area contributed by atoms with Gasteiger partial charge in [-0.1, -0.05) is 11.3 Å². The van der Waals surface area contributed by atoms with E-state index < -0.39 is 4.92 Å². The van der Waals surface area contributed by atoms with Crippen molar-refractivity contribution in [3.8, 4) is 0 Å². The smallest absolute Gasteiger partial charge is 0.279 e. The number of carbonyl (C=O) groups is 1. The summed E-state index contributed by atoms with van der Waals surface area (Å²) in [5.41, 5.74) is 2.25. The van der Waals surface area contributed by atoms with Gasteiger partial charge >= 0.3 is 0 Å². The van der Waals surface area contributed by atoms with Crippen LogP contribution in [0.5, 0.6) is 0 Å². The van der Waals surface area contributed by atoms with Crippen LogP contribution < -0.4 is 9.70 Å². The van der Waals surface area contributed by atoms with Crippen LogP contribution >= 0.6 is 11.3 Å². The van der Waals surface area contributed by atoms with Gasteiger partial charge in [-0.3, -0.25) is 14.9 Å². The van der Waals surface area contributed by atoms with Crippen LogP contribution in [0.25, 0.3) is 10.2 Å². The number of hydrogen-bond donors (Lipinski definition) is 0. The highest BCUT2D eigenvalue weighted by molar-refractivity contribution is 7.16. The zero-order chi connectivity index (χ0) is 20.3. The number of benzene rings is 2. The lowest BCUT2D eigenvalue weighted by atomic mass is 10.2. The Kier molecular flexibility index (Phi) is 5.86. The van der Waals surface area contributed by atoms with E-state index in [0.29, 0.717) is 28.2 Å². The molecule has 146 valence electrons. The Morgan fingerprint density at radius 2 is 1.96 bits per heavy atom. The van der Waals surface area contributed by atoms with Gasteiger partial charge in [-0.05, 0) is 30.3 Å². The molecule has 0 N–H and O–H groups in total. The van der Waals surface area contributed by atoms with E-state index in [0.717, 1.165) is 11.2 Å². The number of ether oxygens (including phenoxy) is 1. The summed E-state index contributed by atoms with van der Waals surface area (Å²) in [6.07, 6.45) is 0. The van der Waals surface area contributed by atoms with Crippen LogP contribution in [-0.4, -0.2) is 43.2 Å². The lowest BCUT2D eigenvalue weighted by Crippen LogP contribution is -2.19. The standard InChI is InChI=1S/C19H20N4O4S/c1-21(2)14-6-4-13(5-7-14)18(24)20-19-22(10-11-27-3)16-9-8-15(23(25)26)12-17(16)28-19/h4-9,12H,10-11H2,1-3H3. The molecule has 0 aliphatic rings. The van der Waals surface area contributed by atoms with Gasteiger partial charge in [-0.25, -0.2) is 0 Å². The van der Waals surface area contributed by atoms with Crippen LogP contribution in [0.2, 0.25) is 0 Å². The number of amides is 1. The Balaban J connectivity index is 2.06. The second kappa shape index (κ2) is 8.32. The third-order valence-electron chi connectivity index (χ3n) is 4.22. The molecule has 1 aromatic heterocycles. The highest BCUT2D eigenvalue weighted by atomic mass is 32.1. The van der Waals surface area contributed by atoms with Crippen LogP contribution in [0, 0.1) is 10.1 Å². The molecule has 0 bridgehead atoms. The maximum absolute atomic E-state index is 12.6. The topological polar surface area (TPSA) is 90.0 Å². The number of thiazole rings is 1. The minimum Gasteiger partial charge on any atom is -0.383 e. The normalized spacial score (nSPS) is 11.8. The van der Waals surface area contributed by atoms with Crippen molar-refractivity contribution < 1.29 is 14.5 Å². The van der Waals surface area contributed by atoms with Crippen molar-refractivity contribution in [1.29, 1.82) is 0 Å². The molecule has 0 atom stereocenters. The van der Waals surface area contributed by atoms with Crippen molar-refractivity contribution in [3.63, 3.8) is 0 Å². The summed E-state index contributed by atoms with van der Waals surface area (Å²) >= 11 is 1.24. The lowest BCUT2D eigenvalue weighted by molar-refractivity contribution is -0.384. The molecule has 3 aromatic rings. The monoisotopic (exact) mass is 400 g/mol. The van der Waals surface area contributed by atoms with E-state index >= 15 is 0 Å². The third kappa shape index (κ3) is 4.10. The van der Waals surface area contributed by atoms with E-state index in [2.05, 4.69) is 4.99 Å². The third-order valence-corrected chi connectivity index (χ3v) is 5.27. The fourth-order valence-corrected chi connectivity index (χ4v) is 3.80. The molecule has 1 amide bonds. The van der Waals surface area contributed by atoms with Gasteiger partial charge in [-0.15, -0.1) is 0 Å². The fraction of sp³-hybridized carbons (Fsp3) is 0.263. The molecule has 2 aromatic carbocycles. The number of nitrogens with zero attached hydrogens (tertiary/aromatic N) is 4. The van der Waals surface area contributed by atoms with Gasteiger partial charge in [0, 0.05) is 51.1 Å². The first kappa shape index (κ1) is 19.7. The zero-order valence-corrected chi connectivity index (χ0v) is 16.6. The van der Waals surface area contributed by atoms with Gasteiger partial charge in [0.2, 0.25) is 0 Å². The molecule has 3 rings (SSSR count). The van der Waals surface area contributed by atoms with Crippen LogP contribution in [-0.2, 0) is 11.3 Å². The number of anilines is 1. The van der Waals surface area contributed by atoms with Crippen LogP contribution in [0.1, 0.15) is 10.4 Å². The Morgan fingerprint density at radius 3 is 2.57 bits per heavy atom. The van der Waals surface area contributed by atoms with Gasteiger partial charge in [0.1, 0.15) is 0 Å². The second-order valence-electron chi connectivity index (χ2n) is 6.30. The number of aromatic nitrogens is 1. The molecular weight excluding hydrogens is 380 g/mol. The van der Waals surface area contributed by atoms with E-state index in [4.69, 9.17) is 4.74 Å².